The number of hydrogen-bond acceptors (Lipinski definition) is 4. The summed E-state index contributed by atoms with van der Waals surface area (Å²) in [6.45, 7) is 4.70. The molecule has 106 valence electrons. The van der Waals surface area contributed by atoms with Gasteiger partial charge in [0, 0.05) is 12.4 Å². The van der Waals surface area contributed by atoms with Crippen LogP contribution in [0.1, 0.15) is 38.3 Å². The fraction of sp³-hybridized carbons (Fsp3) is 0.714. The predicted molar refractivity (Wildman–Crippen MR) is 78.0 cm³/mol. The molecule has 1 aliphatic heterocycles. The van der Waals surface area contributed by atoms with E-state index in [1.165, 1.54) is 0 Å². The molecule has 0 aliphatic carbocycles. The zero-order valence-corrected chi connectivity index (χ0v) is 12.6. The summed E-state index contributed by atoms with van der Waals surface area (Å²) >= 11 is 1.58. The van der Waals surface area contributed by atoms with Crippen molar-refractivity contribution in [3.63, 3.8) is 0 Å². The molecule has 0 atom stereocenters. The van der Waals surface area contributed by atoms with E-state index < -0.39 is 0 Å². The normalized spacial score (nSPS) is 18.2. The SMILES string of the molecule is CCCC1(C(=O)N(C)Cc2cscn2)CCNCC1. The van der Waals surface area contributed by atoms with E-state index in [2.05, 4.69) is 17.2 Å². The standard InChI is InChI=1S/C14H23N3OS/c1-3-4-14(5-7-15-8-6-14)13(18)17(2)9-12-10-19-11-16-12/h10-11,15H,3-9H2,1-2H3. The Morgan fingerprint density at radius 1 is 1.53 bits per heavy atom. The fourth-order valence-corrected chi connectivity index (χ4v) is 3.54. The van der Waals surface area contributed by atoms with Crippen LogP contribution in [0.3, 0.4) is 0 Å². The molecule has 0 saturated carbocycles. The number of nitrogens with zero attached hydrogens (tertiary/aromatic N) is 2. The summed E-state index contributed by atoms with van der Waals surface area (Å²) in [6.07, 6.45) is 3.98. The molecule has 0 aromatic carbocycles. The van der Waals surface area contributed by atoms with Crippen LogP contribution < -0.4 is 5.32 Å². The lowest BCUT2D eigenvalue weighted by Gasteiger charge is -2.38. The van der Waals surface area contributed by atoms with E-state index in [9.17, 15) is 4.79 Å². The molecule has 0 unspecified atom stereocenters. The fourth-order valence-electron chi connectivity index (χ4n) is 2.99. The van der Waals surface area contributed by atoms with Gasteiger partial charge in [-0.1, -0.05) is 13.3 Å². The summed E-state index contributed by atoms with van der Waals surface area (Å²) in [5, 5.41) is 5.37. The molecule has 1 N–H and O–H groups in total. The first-order valence-corrected chi connectivity index (χ1v) is 7.95. The molecular formula is C14H23N3OS. The monoisotopic (exact) mass is 281 g/mol. The lowest BCUT2D eigenvalue weighted by molar-refractivity contribution is -0.143. The van der Waals surface area contributed by atoms with E-state index in [4.69, 9.17) is 0 Å². The minimum atomic E-state index is -0.148. The molecule has 0 radical (unpaired) electrons. The van der Waals surface area contributed by atoms with Gasteiger partial charge in [0.2, 0.25) is 5.91 Å². The first-order valence-electron chi connectivity index (χ1n) is 7.01. The number of thiazole rings is 1. The molecule has 1 aromatic heterocycles. The van der Waals surface area contributed by atoms with Crippen molar-refractivity contribution in [1.29, 1.82) is 0 Å². The molecular weight excluding hydrogens is 258 g/mol. The Hall–Kier alpha value is -0.940. The zero-order chi connectivity index (χ0) is 13.7. The van der Waals surface area contributed by atoms with Crippen molar-refractivity contribution in [2.24, 2.45) is 5.41 Å². The maximum atomic E-state index is 12.8. The van der Waals surface area contributed by atoms with Crippen molar-refractivity contribution in [2.45, 2.75) is 39.2 Å². The highest BCUT2D eigenvalue weighted by molar-refractivity contribution is 7.07. The van der Waals surface area contributed by atoms with Crippen LogP contribution >= 0.6 is 11.3 Å². The van der Waals surface area contributed by atoms with Crippen LogP contribution in [-0.2, 0) is 11.3 Å². The van der Waals surface area contributed by atoms with Gasteiger partial charge < -0.3 is 10.2 Å². The lowest BCUT2D eigenvalue weighted by atomic mass is 9.74. The second-order valence-corrected chi connectivity index (χ2v) is 6.14. The molecule has 0 spiro atoms. The van der Waals surface area contributed by atoms with Gasteiger partial charge in [0.15, 0.2) is 0 Å². The van der Waals surface area contributed by atoms with Crippen LogP contribution in [0.15, 0.2) is 10.9 Å². The first-order chi connectivity index (χ1) is 9.18. The van der Waals surface area contributed by atoms with Crippen molar-refractivity contribution < 1.29 is 4.79 Å². The number of nitrogens with one attached hydrogen (secondary N) is 1. The molecule has 2 rings (SSSR count). The molecule has 5 heteroatoms. The number of piperidine rings is 1. The van der Waals surface area contributed by atoms with E-state index >= 15 is 0 Å². The van der Waals surface area contributed by atoms with Crippen LogP contribution in [0.2, 0.25) is 0 Å². The number of rotatable bonds is 5. The minimum absolute atomic E-state index is 0.148. The minimum Gasteiger partial charge on any atom is -0.339 e. The van der Waals surface area contributed by atoms with E-state index in [0.717, 1.165) is 44.5 Å². The first kappa shape index (κ1) is 14.5. The van der Waals surface area contributed by atoms with Crippen molar-refractivity contribution in [3.05, 3.63) is 16.6 Å². The Bertz CT molecular complexity index is 393. The number of carbonyl (C=O) groups excluding carboxylic acids is 1. The van der Waals surface area contributed by atoms with Crippen LogP contribution in [0, 0.1) is 5.41 Å². The molecule has 1 aliphatic rings. The molecule has 1 fully saturated rings. The Morgan fingerprint density at radius 3 is 2.84 bits per heavy atom. The smallest absolute Gasteiger partial charge is 0.228 e. The summed E-state index contributed by atoms with van der Waals surface area (Å²) in [5.74, 6) is 0.295. The van der Waals surface area contributed by atoms with Crippen LogP contribution in [-0.4, -0.2) is 35.9 Å². The maximum absolute atomic E-state index is 12.8. The number of carbonyl (C=O) groups is 1. The van der Waals surface area contributed by atoms with E-state index in [1.807, 2.05) is 22.8 Å². The van der Waals surface area contributed by atoms with Crippen molar-refractivity contribution in [1.82, 2.24) is 15.2 Å². The van der Waals surface area contributed by atoms with E-state index in [-0.39, 0.29) is 5.41 Å². The lowest BCUT2D eigenvalue weighted by Crippen LogP contribution is -2.48. The third kappa shape index (κ3) is 3.34. The molecule has 1 amide bonds. The van der Waals surface area contributed by atoms with E-state index in [1.54, 1.807) is 11.3 Å². The maximum Gasteiger partial charge on any atom is 0.228 e. The average molecular weight is 281 g/mol. The van der Waals surface area contributed by atoms with Gasteiger partial charge in [-0.15, -0.1) is 11.3 Å². The summed E-state index contributed by atoms with van der Waals surface area (Å²) in [4.78, 5) is 18.9. The molecule has 0 bridgehead atoms. The summed E-state index contributed by atoms with van der Waals surface area (Å²) in [6, 6.07) is 0. The second kappa shape index (κ2) is 6.48. The molecule has 1 aromatic rings. The summed E-state index contributed by atoms with van der Waals surface area (Å²) in [7, 11) is 1.90. The van der Waals surface area contributed by atoms with Crippen molar-refractivity contribution in [3.8, 4) is 0 Å². The van der Waals surface area contributed by atoms with Gasteiger partial charge in [-0.05, 0) is 32.4 Å². The highest BCUT2D eigenvalue weighted by atomic mass is 32.1. The number of hydrogen-bond donors (Lipinski definition) is 1. The Labute approximate surface area is 119 Å². The molecule has 4 nitrogen and oxygen atoms in total. The van der Waals surface area contributed by atoms with Gasteiger partial charge in [0.05, 0.1) is 23.2 Å². The van der Waals surface area contributed by atoms with Gasteiger partial charge in [0.25, 0.3) is 0 Å². The highest BCUT2D eigenvalue weighted by Crippen LogP contribution is 2.36. The number of amides is 1. The topological polar surface area (TPSA) is 45.2 Å². The van der Waals surface area contributed by atoms with Crippen LogP contribution in [0.4, 0.5) is 0 Å². The van der Waals surface area contributed by atoms with Crippen LogP contribution in [0.5, 0.6) is 0 Å². The highest BCUT2D eigenvalue weighted by Gasteiger charge is 2.40. The van der Waals surface area contributed by atoms with Gasteiger partial charge in [-0.3, -0.25) is 4.79 Å². The number of aromatic nitrogens is 1. The van der Waals surface area contributed by atoms with E-state index in [0.29, 0.717) is 12.5 Å². The largest absolute Gasteiger partial charge is 0.339 e. The third-order valence-electron chi connectivity index (χ3n) is 3.97. The second-order valence-electron chi connectivity index (χ2n) is 5.42. The summed E-state index contributed by atoms with van der Waals surface area (Å²) < 4.78 is 0. The Balaban J connectivity index is 2.05. The van der Waals surface area contributed by atoms with Gasteiger partial charge in [0.1, 0.15) is 0 Å². The van der Waals surface area contributed by atoms with Crippen LogP contribution in [0.25, 0.3) is 0 Å². The van der Waals surface area contributed by atoms with Gasteiger partial charge in [-0.25, -0.2) is 4.98 Å². The molecule has 1 saturated heterocycles. The quantitative estimate of drug-likeness (QED) is 0.900. The van der Waals surface area contributed by atoms with Crippen molar-refractivity contribution >= 4 is 17.2 Å². The Morgan fingerprint density at radius 2 is 2.26 bits per heavy atom. The average Bonchev–Trinajstić information content (AvgIpc) is 2.92. The predicted octanol–water partition coefficient (Wildman–Crippen LogP) is 2.27. The third-order valence-corrected chi connectivity index (χ3v) is 4.61. The molecule has 2 heterocycles. The van der Waals surface area contributed by atoms with Gasteiger partial charge in [-0.2, -0.15) is 0 Å². The Kier molecular flexibility index (Phi) is 4.93. The molecule has 19 heavy (non-hydrogen) atoms. The van der Waals surface area contributed by atoms with Gasteiger partial charge >= 0.3 is 0 Å². The summed E-state index contributed by atoms with van der Waals surface area (Å²) in [5.41, 5.74) is 2.66. The van der Waals surface area contributed by atoms with Crippen molar-refractivity contribution in [2.75, 3.05) is 20.1 Å². The zero-order valence-electron chi connectivity index (χ0n) is 11.8.